The molecule has 0 radical (unpaired) electrons. The lowest BCUT2D eigenvalue weighted by atomic mass is 10.1. The third-order valence-corrected chi connectivity index (χ3v) is 3.95. The fraction of sp³-hybridized carbons (Fsp3) is 0.0952. The Balaban J connectivity index is 1.71. The number of hydrogen-bond acceptors (Lipinski definition) is 6. The zero-order valence-corrected chi connectivity index (χ0v) is 15.4. The lowest BCUT2D eigenvalue weighted by molar-refractivity contribution is 0.0601. The Kier molecular flexibility index (Phi) is 5.86. The maximum absolute atomic E-state index is 12.4. The molecule has 2 aromatic carbocycles. The van der Waals surface area contributed by atoms with Crippen molar-refractivity contribution in [3.63, 3.8) is 0 Å². The van der Waals surface area contributed by atoms with E-state index in [1.54, 1.807) is 67.8 Å². The Morgan fingerprint density at radius 2 is 1.79 bits per heavy atom. The zero-order valence-electron chi connectivity index (χ0n) is 15.4. The number of hydrogen-bond donors (Lipinski definition) is 2. The maximum Gasteiger partial charge on any atom is 0.339 e. The van der Waals surface area contributed by atoms with Gasteiger partial charge in [0.05, 0.1) is 31.0 Å². The van der Waals surface area contributed by atoms with Gasteiger partial charge in [0.2, 0.25) is 0 Å². The number of aromatic nitrogens is 1. The second-order valence-electron chi connectivity index (χ2n) is 5.78. The first kappa shape index (κ1) is 18.9. The third kappa shape index (κ3) is 4.45. The van der Waals surface area contributed by atoms with Crippen LogP contribution >= 0.6 is 0 Å². The van der Waals surface area contributed by atoms with Gasteiger partial charge in [-0.2, -0.15) is 0 Å². The Bertz CT molecular complexity index is 987. The molecule has 0 aliphatic heterocycles. The lowest BCUT2D eigenvalue weighted by Crippen LogP contribution is -2.12. The molecular formula is C21H19N3O4. The van der Waals surface area contributed by atoms with Crippen molar-refractivity contribution in [1.29, 1.82) is 0 Å². The fourth-order valence-electron chi connectivity index (χ4n) is 2.52. The highest BCUT2D eigenvalue weighted by molar-refractivity contribution is 6.04. The van der Waals surface area contributed by atoms with Crippen LogP contribution < -0.4 is 15.4 Å². The van der Waals surface area contributed by atoms with Crippen LogP contribution in [0.5, 0.6) is 5.75 Å². The van der Waals surface area contributed by atoms with E-state index < -0.39 is 5.97 Å². The molecule has 3 rings (SSSR count). The molecule has 0 spiro atoms. The number of nitrogens with zero attached hydrogens (tertiary/aromatic N) is 1. The number of nitrogens with one attached hydrogen (secondary N) is 2. The number of amides is 1. The first-order chi connectivity index (χ1) is 13.6. The molecule has 2 N–H and O–H groups in total. The summed E-state index contributed by atoms with van der Waals surface area (Å²) in [6.45, 7) is 0. The van der Waals surface area contributed by atoms with Crippen LogP contribution in [0.25, 0.3) is 0 Å². The van der Waals surface area contributed by atoms with Crippen molar-refractivity contribution in [3.8, 4) is 5.75 Å². The Morgan fingerprint density at radius 1 is 0.964 bits per heavy atom. The van der Waals surface area contributed by atoms with Gasteiger partial charge in [-0.25, -0.2) is 9.78 Å². The van der Waals surface area contributed by atoms with Crippen molar-refractivity contribution in [2.24, 2.45) is 0 Å². The van der Waals surface area contributed by atoms with Crippen LogP contribution in [0.4, 0.5) is 17.2 Å². The first-order valence-corrected chi connectivity index (χ1v) is 8.46. The lowest BCUT2D eigenvalue weighted by Gasteiger charge is -2.11. The highest BCUT2D eigenvalue weighted by atomic mass is 16.5. The molecule has 3 aromatic rings. The third-order valence-electron chi connectivity index (χ3n) is 3.95. The largest absolute Gasteiger partial charge is 0.497 e. The smallest absolute Gasteiger partial charge is 0.339 e. The molecule has 0 bridgehead atoms. The highest BCUT2D eigenvalue weighted by Gasteiger charge is 2.12. The number of anilines is 3. The Morgan fingerprint density at radius 3 is 2.50 bits per heavy atom. The van der Waals surface area contributed by atoms with Crippen LogP contribution in [-0.2, 0) is 4.74 Å². The van der Waals surface area contributed by atoms with Crippen LogP contribution in [0.2, 0.25) is 0 Å². The normalized spacial score (nSPS) is 10.1. The predicted octanol–water partition coefficient (Wildman–Crippen LogP) is 3.87. The summed E-state index contributed by atoms with van der Waals surface area (Å²) >= 11 is 0. The number of carbonyl (C=O) groups excluding carboxylic acids is 2. The first-order valence-electron chi connectivity index (χ1n) is 8.46. The van der Waals surface area contributed by atoms with E-state index in [0.29, 0.717) is 34.1 Å². The molecule has 0 aliphatic carbocycles. The summed E-state index contributed by atoms with van der Waals surface area (Å²) in [6.07, 6.45) is 1.46. The van der Waals surface area contributed by atoms with Gasteiger partial charge in [-0.1, -0.05) is 18.2 Å². The number of methoxy groups -OCH3 is 2. The summed E-state index contributed by atoms with van der Waals surface area (Å²) in [5, 5.41) is 5.85. The monoisotopic (exact) mass is 377 g/mol. The van der Waals surface area contributed by atoms with Crippen molar-refractivity contribution in [2.45, 2.75) is 0 Å². The summed E-state index contributed by atoms with van der Waals surface area (Å²) in [4.78, 5) is 28.5. The average Bonchev–Trinajstić information content (AvgIpc) is 2.74. The van der Waals surface area contributed by atoms with Gasteiger partial charge in [0.25, 0.3) is 5.91 Å². The molecule has 0 fully saturated rings. The van der Waals surface area contributed by atoms with Gasteiger partial charge in [0.1, 0.15) is 11.6 Å². The molecule has 1 aromatic heterocycles. The van der Waals surface area contributed by atoms with Crippen LogP contribution in [0.1, 0.15) is 20.7 Å². The predicted molar refractivity (Wildman–Crippen MR) is 106 cm³/mol. The Labute approximate surface area is 162 Å². The second-order valence-corrected chi connectivity index (χ2v) is 5.78. The van der Waals surface area contributed by atoms with Crippen LogP contribution in [-0.4, -0.2) is 31.1 Å². The molecule has 28 heavy (non-hydrogen) atoms. The summed E-state index contributed by atoms with van der Waals surface area (Å²) in [5.74, 6) is 0.411. The van der Waals surface area contributed by atoms with Gasteiger partial charge in [-0.15, -0.1) is 0 Å². The highest BCUT2D eigenvalue weighted by Crippen LogP contribution is 2.21. The summed E-state index contributed by atoms with van der Waals surface area (Å²) in [6, 6.07) is 17.3. The average molecular weight is 377 g/mol. The standard InChI is InChI=1S/C21H19N3O4/c1-27-16-7-5-6-15(12-16)23-20(25)14-10-11-19(22-13-14)24-18-9-4-3-8-17(18)21(26)28-2/h3-13H,1-2H3,(H,22,24)(H,23,25). The van der Waals surface area contributed by atoms with E-state index in [4.69, 9.17) is 9.47 Å². The fourth-order valence-corrected chi connectivity index (χ4v) is 2.52. The number of carbonyl (C=O) groups is 2. The maximum atomic E-state index is 12.4. The SMILES string of the molecule is COC(=O)c1ccccc1Nc1ccc(C(=O)Nc2cccc(OC)c2)cn1. The number of esters is 1. The van der Waals surface area contributed by atoms with E-state index in [-0.39, 0.29) is 5.91 Å². The molecule has 0 atom stereocenters. The molecule has 1 heterocycles. The molecule has 142 valence electrons. The van der Waals surface area contributed by atoms with Crippen molar-refractivity contribution in [1.82, 2.24) is 4.98 Å². The van der Waals surface area contributed by atoms with E-state index in [1.165, 1.54) is 13.3 Å². The van der Waals surface area contributed by atoms with E-state index in [2.05, 4.69) is 15.6 Å². The van der Waals surface area contributed by atoms with E-state index in [0.717, 1.165) is 0 Å². The quantitative estimate of drug-likeness (QED) is 0.634. The van der Waals surface area contributed by atoms with E-state index in [9.17, 15) is 9.59 Å². The van der Waals surface area contributed by atoms with E-state index in [1.807, 2.05) is 0 Å². The Hall–Kier alpha value is -3.87. The second kappa shape index (κ2) is 8.68. The molecule has 0 unspecified atom stereocenters. The van der Waals surface area contributed by atoms with Crippen molar-refractivity contribution in [3.05, 3.63) is 78.0 Å². The van der Waals surface area contributed by atoms with E-state index >= 15 is 0 Å². The van der Waals surface area contributed by atoms with Crippen LogP contribution in [0.3, 0.4) is 0 Å². The minimum absolute atomic E-state index is 0.290. The number of pyridine rings is 1. The summed E-state index contributed by atoms with van der Waals surface area (Å²) < 4.78 is 9.92. The summed E-state index contributed by atoms with van der Waals surface area (Å²) in [5.41, 5.74) is 1.98. The minimum atomic E-state index is -0.447. The van der Waals surface area contributed by atoms with Gasteiger partial charge >= 0.3 is 5.97 Å². The molecule has 0 saturated carbocycles. The zero-order chi connectivity index (χ0) is 19.9. The van der Waals surface area contributed by atoms with Crippen LogP contribution in [0, 0.1) is 0 Å². The number of rotatable bonds is 6. The topological polar surface area (TPSA) is 89.5 Å². The van der Waals surface area contributed by atoms with Gasteiger partial charge in [0.15, 0.2) is 0 Å². The number of ether oxygens (including phenoxy) is 2. The molecule has 7 heteroatoms. The van der Waals surface area contributed by atoms with Crippen molar-refractivity contribution < 1.29 is 19.1 Å². The van der Waals surface area contributed by atoms with Crippen LogP contribution in [0.15, 0.2) is 66.9 Å². The number of benzene rings is 2. The molecule has 7 nitrogen and oxygen atoms in total. The molecule has 1 amide bonds. The molecule has 0 aliphatic rings. The molecule has 0 saturated heterocycles. The summed E-state index contributed by atoms with van der Waals surface area (Å²) in [7, 11) is 2.89. The van der Waals surface area contributed by atoms with Gasteiger partial charge < -0.3 is 20.1 Å². The van der Waals surface area contributed by atoms with Gasteiger partial charge in [0, 0.05) is 18.0 Å². The van der Waals surface area contributed by atoms with Crippen molar-refractivity contribution >= 4 is 29.1 Å². The number of para-hydroxylation sites is 1. The van der Waals surface area contributed by atoms with Crippen molar-refractivity contribution in [2.75, 3.05) is 24.9 Å². The molecular weight excluding hydrogens is 358 g/mol. The minimum Gasteiger partial charge on any atom is -0.497 e. The van der Waals surface area contributed by atoms with Gasteiger partial charge in [-0.3, -0.25) is 4.79 Å². The van der Waals surface area contributed by atoms with Gasteiger partial charge in [-0.05, 0) is 36.4 Å².